The Morgan fingerprint density at radius 2 is 1.67 bits per heavy atom. The average molecular weight is 622 g/mol. The number of hydrogen-bond acceptors (Lipinski definition) is 10. The Bertz CT molecular complexity index is 1330. The van der Waals surface area contributed by atoms with Gasteiger partial charge in [0.05, 0.1) is 23.3 Å². The number of benzene rings is 2. The van der Waals surface area contributed by atoms with Gasteiger partial charge in [-0.2, -0.15) is 0 Å². The molecule has 5 atom stereocenters. The first-order valence-electron chi connectivity index (χ1n) is 14.8. The van der Waals surface area contributed by atoms with E-state index in [9.17, 15) is 33.6 Å². The molecule has 0 aliphatic carbocycles. The molecule has 0 aromatic heterocycles. The van der Waals surface area contributed by atoms with E-state index in [2.05, 4.69) is 24.5 Å². The van der Waals surface area contributed by atoms with Crippen molar-refractivity contribution in [2.24, 2.45) is 0 Å². The van der Waals surface area contributed by atoms with Crippen molar-refractivity contribution >= 4 is 27.1 Å². The van der Waals surface area contributed by atoms with E-state index in [1.165, 1.54) is 0 Å². The molecule has 3 rings (SSSR count). The molecule has 7 N–H and O–H groups in total. The fourth-order valence-corrected chi connectivity index (χ4v) is 7.65. The number of hydrogen-bond donors (Lipinski definition) is 7. The lowest BCUT2D eigenvalue weighted by Crippen LogP contribution is -2.50. The van der Waals surface area contributed by atoms with Gasteiger partial charge in [-0.25, -0.2) is 8.42 Å². The molecule has 1 aliphatic heterocycles. The van der Waals surface area contributed by atoms with E-state index in [0.29, 0.717) is 24.0 Å². The average Bonchev–Trinajstić information content (AvgIpc) is 3.09. The van der Waals surface area contributed by atoms with Gasteiger partial charge in [0.2, 0.25) is 0 Å². The second-order valence-corrected chi connectivity index (χ2v) is 13.7. The Balaban J connectivity index is 2.08. The number of sulfone groups is 1. The summed E-state index contributed by atoms with van der Waals surface area (Å²) in [5, 5.41) is 55.3. The molecule has 1 unspecified atom stereocenters. The number of anilines is 2. The molecular formula is C31H47N3O8S. The van der Waals surface area contributed by atoms with E-state index in [4.69, 9.17) is 5.11 Å². The normalized spacial score (nSPS) is 20.3. The van der Waals surface area contributed by atoms with E-state index in [1.807, 2.05) is 31.1 Å². The molecule has 2 aromatic carbocycles. The minimum absolute atomic E-state index is 0.0344. The van der Waals surface area contributed by atoms with Gasteiger partial charge in [0.1, 0.15) is 18.3 Å². The van der Waals surface area contributed by atoms with E-state index >= 15 is 0 Å². The summed E-state index contributed by atoms with van der Waals surface area (Å²) in [5.74, 6) is -1.06. The third-order valence-electron chi connectivity index (χ3n) is 8.10. The van der Waals surface area contributed by atoms with Crippen LogP contribution in [0, 0.1) is 0 Å². The first kappa shape index (κ1) is 34.9. The Morgan fingerprint density at radius 1 is 1.02 bits per heavy atom. The molecule has 0 spiro atoms. The predicted octanol–water partition coefficient (Wildman–Crippen LogP) is 1.71. The van der Waals surface area contributed by atoms with Crippen LogP contribution in [-0.4, -0.2) is 96.3 Å². The maximum atomic E-state index is 14.0. The maximum Gasteiger partial charge on any atom is 0.256 e. The van der Waals surface area contributed by atoms with Crippen LogP contribution in [0.4, 0.5) is 11.4 Å². The SMILES string of the molecule is CCCCC1(CCCC)CS(=O)(=O)c2ccc(N(C)C)cc2C(c2cccc(NC(=O)[C@H](O)[C@@H](O)[C@H](O)[C@H](O)CO)c2)N1. The third-order valence-corrected chi connectivity index (χ3v) is 10.1. The number of aliphatic hydroxyl groups excluding tert-OH is 5. The van der Waals surface area contributed by atoms with Gasteiger partial charge in [0.25, 0.3) is 5.91 Å². The van der Waals surface area contributed by atoms with Crippen molar-refractivity contribution in [2.75, 3.05) is 36.7 Å². The lowest BCUT2D eigenvalue weighted by Gasteiger charge is -2.37. The van der Waals surface area contributed by atoms with Crippen LogP contribution in [0.2, 0.25) is 0 Å². The number of aliphatic hydroxyl groups is 5. The molecular weight excluding hydrogens is 574 g/mol. The number of amides is 1. The van der Waals surface area contributed by atoms with E-state index in [-0.39, 0.29) is 16.3 Å². The number of nitrogens with one attached hydrogen (secondary N) is 2. The van der Waals surface area contributed by atoms with Crippen molar-refractivity contribution in [1.29, 1.82) is 0 Å². The second kappa shape index (κ2) is 14.9. The van der Waals surface area contributed by atoms with Crippen LogP contribution in [0.1, 0.15) is 69.5 Å². The topological polar surface area (TPSA) is 180 Å². The van der Waals surface area contributed by atoms with E-state index in [0.717, 1.165) is 31.4 Å². The van der Waals surface area contributed by atoms with Crippen LogP contribution < -0.4 is 15.5 Å². The Hall–Kier alpha value is -2.58. The fourth-order valence-electron chi connectivity index (χ4n) is 5.59. The summed E-state index contributed by atoms with van der Waals surface area (Å²) in [6, 6.07) is 11.6. The number of fused-ring (bicyclic) bond motifs is 1. The first-order chi connectivity index (χ1) is 20.3. The molecule has 2 aromatic rings. The molecule has 43 heavy (non-hydrogen) atoms. The summed E-state index contributed by atoms with van der Waals surface area (Å²) < 4.78 is 27.9. The molecule has 240 valence electrons. The summed E-state index contributed by atoms with van der Waals surface area (Å²) >= 11 is 0. The lowest BCUT2D eigenvalue weighted by molar-refractivity contribution is -0.144. The van der Waals surface area contributed by atoms with Gasteiger partial charge >= 0.3 is 0 Å². The van der Waals surface area contributed by atoms with Crippen molar-refractivity contribution in [3.05, 3.63) is 53.6 Å². The van der Waals surface area contributed by atoms with Gasteiger partial charge in [-0.15, -0.1) is 0 Å². The number of carbonyl (C=O) groups is 1. The summed E-state index contributed by atoms with van der Waals surface area (Å²) in [5.41, 5.74) is 1.71. The van der Waals surface area contributed by atoms with Gasteiger partial charge < -0.3 is 35.7 Å². The van der Waals surface area contributed by atoms with Crippen molar-refractivity contribution in [3.63, 3.8) is 0 Å². The van der Waals surface area contributed by atoms with Gasteiger partial charge in [0, 0.05) is 31.0 Å². The summed E-state index contributed by atoms with van der Waals surface area (Å²) in [7, 11) is 0.0957. The van der Waals surface area contributed by atoms with Crippen molar-refractivity contribution in [1.82, 2.24) is 5.32 Å². The van der Waals surface area contributed by atoms with Gasteiger partial charge in [-0.3, -0.25) is 10.1 Å². The molecule has 1 heterocycles. The zero-order valence-electron chi connectivity index (χ0n) is 25.4. The lowest BCUT2D eigenvalue weighted by atomic mass is 9.86. The summed E-state index contributed by atoms with van der Waals surface area (Å²) in [6.07, 6.45) is -2.95. The minimum Gasteiger partial charge on any atom is -0.394 e. The zero-order chi connectivity index (χ0) is 31.9. The second-order valence-electron chi connectivity index (χ2n) is 11.7. The van der Waals surface area contributed by atoms with E-state index < -0.39 is 58.3 Å². The number of rotatable bonds is 14. The van der Waals surface area contributed by atoms with Crippen molar-refractivity contribution in [2.45, 2.75) is 93.3 Å². The molecule has 0 bridgehead atoms. The van der Waals surface area contributed by atoms with Gasteiger partial charge in [-0.1, -0.05) is 51.7 Å². The van der Waals surface area contributed by atoms with E-state index in [1.54, 1.807) is 30.3 Å². The summed E-state index contributed by atoms with van der Waals surface area (Å²) in [6.45, 7) is 3.29. The number of unbranched alkanes of at least 4 members (excludes halogenated alkanes) is 2. The first-order valence-corrected chi connectivity index (χ1v) is 16.5. The Morgan fingerprint density at radius 3 is 2.26 bits per heavy atom. The highest BCUT2D eigenvalue weighted by Gasteiger charge is 2.42. The van der Waals surface area contributed by atoms with Gasteiger partial charge in [-0.05, 0) is 54.3 Å². The molecule has 11 nitrogen and oxygen atoms in total. The molecule has 0 saturated carbocycles. The van der Waals surface area contributed by atoms with Crippen LogP contribution in [0.5, 0.6) is 0 Å². The van der Waals surface area contributed by atoms with Crippen LogP contribution in [0.3, 0.4) is 0 Å². The minimum atomic E-state index is -3.67. The quantitative estimate of drug-likeness (QED) is 0.164. The highest BCUT2D eigenvalue weighted by atomic mass is 32.2. The summed E-state index contributed by atoms with van der Waals surface area (Å²) in [4.78, 5) is 14.9. The largest absolute Gasteiger partial charge is 0.394 e. The molecule has 1 aliphatic rings. The standard InChI is InChI=1S/C31H47N3O8S/c1-5-7-14-31(15-8-6-2)19-43(41,42)25-13-12-22(34(3)4)17-23(25)26(33-31)20-10-9-11-21(16-20)32-30(40)29(39)28(38)27(37)24(36)18-35/h9-13,16-17,24,26-29,33,35-39H,5-8,14-15,18-19H2,1-4H3,(H,32,40)/t24-,26?,27-,28+,29-/m1/s1. The molecule has 0 fully saturated rings. The Kier molecular flexibility index (Phi) is 12.1. The zero-order valence-corrected chi connectivity index (χ0v) is 26.2. The fraction of sp³-hybridized carbons (Fsp3) is 0.581. The van der Waals surface area contributed by atoms with Crippen LogP contribution >= 0.6 is 0 Å². The van der Waals surface area contributed by atoms with Gasteiger partial charge in [0.15, 0.2) is 15.9 Å². The molecule has 12 heteroatoms. The Labute approximate surface area is 254 Å². The van der Waals surface area contributed by atoms with Crippen LogP contribution in [-0.2, 0) is 14.6 Å². The monoisotopic (exact) mass is 621 g/mol. The molecule has 1 amide bonds. The third kappa shape index (κ3) is 8.33. The van der Waals surface area contributed by atoms with Crippen molar-refractivity contribution < 1.29 is 38.7 Å². The predicted molar refractivity (Wildman–Crippen MR) is 166 cm³/mol. The number of carbonyl (C=O) groups excluding carboxylic acids is 1. The van der Waals surface area contributed by atoms with Crippen molar-refractivity contribution in [3.8, 4) is 0 Å². The highest BCUT2D eigenvalue weighted by molar-refractivity contribution is 7.91. The maximum absolute atomic E-state index is 14.0. The smallest absolute Gasteiger partial charge is 0.256 e. The number of nitrogens with zero attached hydrogens (tertiary/aromatic N) is 1. The molecule has 0 radical (unpaired) electrons. The molecule has 0 saturated heterocycles. The van der Waals surface area contributed by atoms with Crippen LogP contribution in [0.15, 0.2) is 47.4 Å². The highest BCUT2D eigenvalue weighted by Crippen LogP contribution is 2.40. The van der Waals surface area contributed by atoms with Crippen LogP contribution in [0.25, 0.3) is 0 Å².